The Morgan fingerprint density at radius 3 is 2.68 bits per heavy atom. The maximum absolute atomic E-state index is 12.6. The summed E-state index contributed by atoms with van der Waals surface area (Å²) in [4.78, 5) is 14.4. The normalized spacial score (nSPS) is 15.6. The van der Waals surface area contributed by atoms with Crippen molar-refractivity contribution in [3.63, 3.8) is 0 Å². The Kier molecular flexibility index (Phi) is 4.52. The summed E-state index contributed by atoms with van der Waals surface area (Å²) in [7, 11) is 1.92. The number of aromatic nitrogens is 2. The van der Waals surface area contributed by atoms with Crippen LogP contribution in [0.5, 0.6) is 0 Å². The molecular weight excluding hydrogens is 354 g/mol. The molecule has 0 saturated heterocycles. The third kappa shape index (κ3) is 3.31. The molecule has 2 aromatic heterocycles. The maximum Gasteiger partial charge on any atom is 0.261 e. The van der Waals surface area contributed by atoms with E-state index < -0.39 is 0 Å². The summed E-state index contributed by atoms with van der Waals surface area (Å²) in [6.45, 7) is 0. The van der Waals surface area contributed by atoms with E-state index in [-0.39, 0.29) is 5.91 Å². The molecule has 0 bridgehead atoms. The first-order chi connectivity index (χ1) is 12.1. The van der Waals surface area contributed by atoms with Gasteiger partial charge in [0.15, 0.2) is 0 Å². The van der Waals surface area contributed by atoms with Crippen LogP contribution in [0.4, 0.5) is 0 Å². The predicted octanol–water partition coefficient (Wildman–Crippen LogP) is 5.02. The van der Waals surface area contributed by atoms with Gasteiger partial charge in [0, 0.05) is 29.1 Å². The molecule has 0 aliphatic heterocycles. The van der Waals surface area contributed by atoms with Crippen molar-refractivity contribution in [2.24, 2.45) is 7.05 Å². The minimum Gasteiger partial charge on any atom is -0.349 e. The van der Waals surface area contributed by atoms with Crippen LogP contribution >= 0.6 is 22.9 Å². The first-order valence-corrected chi connectivity index (χ1v) is 9.84. The molecule has 1 amide bonds. The molecule has 1 saturated carbocycles. The van der Waals surface area contributed by atoms with E-state index in [9.17, 15) is 4.79 Å². The van der Waals surface area contributed by atoms with Gasteiger partial charge in [-0.2, -0.15) is 5.10 Å². The summed E-state index contributed by atoms with van der Waals surface area (Å²) >= 11 is 7.49. The number of hydrogen-bond acceptors (Lipinski definition) is 3. The third-order valence-electron chi connectivity index (χ3n) is 4.79. The molecule has 2 heterocycles. The van der Waals surface area contributed by atoms with Gasteiger partial charge in [-0.25, -0.2) is 0 Å². The second-order valence-electron chi connectivity index (χ2n) is 6.62. The number of benzene rings is 1. The van der Waals surface area contributed by atoms with Crippen molar-refractivity contribution >= 4 is 39.1 Å². The van der Waals surface area contributed by atoms with Crippen molar-refractivity contribution in [1.29, 1.82) is 0 Å². The summed E-state index contributed by atoms with van der Waals surface area (Å²) in [5.41, 5.74) is 1.90. The Labute approximate surface area is 155 Å². The minimum atomic E-state index is 0.0372. The number of nitrogens with zero attached hydrogens (tertiary/aromatic N) is 2. The number of amides is 1. The van der Waals surface area contributed by atoms with Crippen molar-refractivity contribution in [3.05, 3.63) is 40.2 Å². The number of aryl methyl sites for hydroxylation is 1. The van der Waals surface area contributed by atoms with Gasteiger partial charge in [-0.05, 0) is 31.0 Å². The van der Waals surface area contributed by atoms with Crippen LogP contribution in [0.15, 0.2) is 30.3 Å². The van der Waals surface area contributed by atoms with Gasteiger partial charge >= 0.3 is 0 Å². The number of carbonyl (C=O) groups is 1. The van der Waals surface area contributed by atoms with E-state index in [1.807, 2.05) is 42.1 Å². The Balaban J connectivity index is 1.64. The van der Waals surface area contributed by atoms with Crippen LogP contribution in [0.1, 0.15) is 41.8 Å². The van der Waals surface area contributed by atoms with Crippen LogP contribution in [0, 0.1) is 0 Å². The average Bonchev–Trinajstić information content (AvgIpc) is 3.18. The van der Waals surface area contributed by atoms with Crippen LogP contribution in [-0.4, -0.2) is 21.7 Å². The van der Waals surface area contributed by atoms with Gasteiger partial charge in [-0.3, -0.25) is 9.48 Å². The molecular formula is C19H20ClN3OS. The fourth-order valence-corrected chi connectivity index (χ4v) is 4.58. The predicted molar refractivity (Wildman–Crippen MR) is 103 cm³/mol. The molecule has 1 aromatic carbocycles. The van der Waals surface area contributed by atoms with Crippen LogP contribution in [0.3, 0.4) is 0 Å². The Hall–Kier alpha value is -1.85. The molecule has 1 N–H and O–H groups in total. The number of carbonyl (C=O) groups excluding carboxylic acids is 1. The Morgan fingerprint density at radius 1 is 1.24 bits per heavy atom. The SMILES string of the molecule is Cn1nc(-c2ccc(Cl)cc2)c2cc(C(=O)NC3CCCCC3)sc21. The fourth-order valence-electron chi connectivity index (χ4n) is 3.48. The lowest BCUT2D eigenvalue weighted by Gasteiger charge is -2.22. The second-order valence-corrected chi connectivity index (χ2v) is 8.08. The van der Waals surface area contributed by atoms with Crippen LogP contribution in [0.25, 0.3) is 21.5 Å². The molecule has 0 spiro atoms. The van der Waals surface area contributed by atoms with E-state index in [4.69, 9.17) is 11.6 Å². The maximum atomic E-state index is 12.6. The Morgan fingerprint density at radius 2 is 1.96 bits per heavy atom. The van der Waals surface area contributed by atoms with Gasteiger partial charge in [0.2, 0.25) is 0 Å². The minimum absolute atomic E-state index is 0.0372. The van der Waals surface area contributed by atoms with E-state index in [2.05, 4.69) is 10.4 Å². The van der Waals surface area contributed by atoms with Gasteiger partial charge in [0.1, 0.15) is 10.5 Å². The van der Waals surface area contributed by atoms with E-state index in [1.54, 1.807) is 0 Å². The van der Waals surface area contributed by atoms with Crippen molar-refractivity contribution in [3.8, 4) is 11.3 Å². The summed E-state index contributed by atoms with van der Waals surface area (Å²) in [5, 5.41) is 9.53. The van der Waals surface area contributed by atoms with E-state index in [0.717, 1.165) is 39.2 Å². The molecule has 1 aliphatic rings. The zero-order valence-electron chi connectivity index (χ0n) is 14.1. The number of fused-ring (bicyclic) bond motifs is 1. The highest BCUT2D eigenvalue weighted by Gasteiger charge is 2.21. The van der Waals surface area contributed by atoms with Crippen molar-refractivity contribution in [2.45, 2.75) is 38.1 Å². The molecule has 0 atom stereocenters. The molecule has 4 nitrogen and oxygen atoms in total. The van der Waals surface area contributed by atoms with E-state index in [1.165, 1.54) is 30.6 Å². The fraction of sp³-hybridized carbons (Fsp3) is 0.368. The van der Waals surface area contributed by atoms with Crippen LogP contribution in [0.2, 0.25) is 5.02 Å². The van der Waals surface area contributed by atoms with Gasteiger partial charge < -0.3 is 5.32 Å². The summed E-state index contributed by atoms with van der Waals surface area (Å²) in [5.74, 6) is 0.0372. The van der Waals surface area contributed by atoms with E-state index >= 15 is 0 Å². The topological polar surface area (TPSA) is 46.9 Å². The van der Waals surface area contributed by atoms with Gasteiger partial charge in [0.25, 0.3) is 5.91 Å². The van der Waals surface area contributed by atoms with Crippen LogP contribution < -0.4 is 5.32 Å². The highest BCUT2D eigenvalue weighted by Crippen LogP contribution is 2.34. The number of thiophene rings is 1. The molecule has 0 radical (unpaired) electrons. The number of halogens is 1. The standard InChI is InChI=1S/C19H20ClN3OS/c1-23-19-15(17(22-23)12-7-9-13(20)10-8-12)11-16(25-19)18(24)21-14-5-3-2-4-6-14/h7-11,14H,2-6H2,1H3,(H,21,24). The molecule has 4 rings (SSSR count). The zero-order valence-corrected chi connectivity index (χ0v) is 15.7. The number of rotatable bonds is 3. The Bertz CT molecular complexity index is 907. The molecule has 6 heteroatoms. The summed E-state index contributed by atoms with van der Waals surface area (Å²) in [6.07, 6.45) is 5.89. The quantitative estimate of drug-likeness (QED) is 0.700. The first kappa shape index (κ1) is 16.6. The van der Waals surface area contributed by atoms with Crippen molar-refractivity contribution in [2.75, 3.05) is 0 Å². The molecule has 3 aromatic rings. The lowest BCUT2D eigenvalue weighted by molar-refractivity contribution is 0.0932. The van der Waals surface area contributed by atoms with Gasteiger partial charge in [-0.1, -0.05) is 43.0 Å². The lowest BCUT2D eigenvalue weighted by atomic mass is 9.95. The first-order valence-electron chi connectivity index (χ1n) is 8.65. The second kappa shape index (κ2) is 6.81. The van der Waals surface area contributed by atoms with Crippen molar-refractivity contribution < 1.29 is 4.79 Å². The molecule has 1 aliphatic carbocycles. The monoisotopic (exact) mass is 373 g/mol. The lowest BCUT2D eigenvalue weighted by Crippen LogP contribution is -2.35. The van der Waals surface area contributed by atoms with Crippen molar-refractivity contribution in [1.82, 2.24) is 15.1 Å². The van der Waals surface area contributed by atoms with Gasteiger partial charge in [0.05, 0.1) is 4.88 Å². The summed E-state index contributed by atoms with van der Waals surface area (Å²) < 4.78 is 1.85. The number of hydrogen-bond donors (Lipinski definition) is 1. The molecule has 0 unspecified atom stereocenters. The zero-order chi connectivity index (χ0) is 17.4. The smallest absolute Gasteiger partial charge is 0.261 e. The third-order valence-corrected chi connectivity index (χ3v) is 6.25. The van der Waals surface area contributed by atoms with Gasteiger partial charge in [-0.15, -0.1) is 11.3 Å². The average molecular weight is 374 g/mol. The highest BCUT2D eigenvalue weighted by molar-refractivity contribution is 7.20. The molecule has 1 fully saturated rings. The highest BCUT2D eigenvalue weighted by atomic mass is 35.5. The summed E-state index contributed by atoms with van der Waals surface area (Å²) in [6, 6.07) is 9.93. The van der Waals surface area contributed by atoms with E-state index in [0.29, 0.717) is 11.1 Å². The molecule has 25 heavy (non-hydrogen) atoms. The molecule has 130 valence electrons. The number of nitrogens with one attached hydrogen (secondary N) is 1. The van der Waals surface area contributed by atoms with Crippen LogP contribution in [-0.2, 0) is 7.05 Å². The largest absolute Gasteiger partial charge is 0.349 e.